The molecule has 192 valence electrons. The van der Waals surface area contributed by atoms with Gasteiger partial charge in [-0.05, 0) is 0 Å². The fourth-order valence-electron chi connectivity index (χ4n) is 4.82. The normalized spacial score (nSPS) is 11.8. The van der Waals surface area contributed by atoms with Gasteiger partial charge in [0, 0.05) is 0 Å². The SMILES string of the molecule is CCCCCCC[CH2][Sn]([CH2]CCCCCCC)([CH2]CCCCCCC)[O]C(=O)CCCC. The minimum atomic E-state index is -2.87. The van der Waals surface area contributed by atoms with Gasteiger partial charge in [0.05, 0.1) is 0 Å². The van der Waals surface area contributed by atoms with E-state index in [9.17, 15) is 4.79 Å². The molecule has 0 N–H and O–H groups in total. The molecule has 0 atom stereocenters. The average Bonchev–Trinajstić information content (AvgIpc) is 2.79. The van der Waals surface area contributed by atoms with Gasteiger partial charge in [-0.2, -0.15) is 0 Å². The summed E-state index contributed by atoms with van der Waals surface area (Å²) in [7, 11) is 0. The summed E-state index contributed by atoms with van der Waals surface area (Å²) in [4.78, 5) is 12.8. The van der Waals surface area contributed by atoms with Gasteiger partial charge in [0.15, 0.2) is 0 Å². The molecule has 0 saturated heterocycles. The third-order valence-corrected chi connectivity index (χ3v) is 19.7. The zero-order chi connectivity index (χ0) is 23.8. The van der Waals surface area contributed by atoms with Crippen molar-refractivity contribution in [3.05, 3.63) is 0 Å². The quantitative estimate of drug-likeness (QED) is 0.0822. The number of hydrogen-bond acceptors (Lipinski definition) is 2. The van der Waals surface area contributed by atoms with Gasteiger partial charge in [-0.15, -0.1) is 0 Å². The molecular weight excluding hydrogens is 499 g/mol. The minimum absolute atomic E-state index is 0.158. The molecule has 0 aliphatic carbocycles. The molecule has 0 unspecified atom stereocenters. The third kappa shape index (κ3) is 19.7. The Kier molecular flexibility index (Phi) is 24.6. The summed E-state index contributed by atoms with van der Waals surface area (Å²) < 4.78 is 10.5. The van der Waals surface area contributed by atoms with Gasteiger partial charge in [0.1, 0.15) is 0 Å². The van der Waals surface area contributed by atoms with E-state index in [1.807, 2.05) is 0 Å². The molecule has 0 aromatic rings. The van der Waals surface area contributed by atoms with E-state index in [-0.39, 0.29) is 5.97 Å². The van der Waals surface area contributed by atoms with Crippen LogP contribution in [0, 0.1) is 0 Å². The van der Waals surface area contributed by atoms with Crippen LogP contribution in [0.1, 0.15) is 163 Å². The van der Waals surface area contributed by atoms with Gasteiger partial charge < -0.3 is 0 Å². The van der Waals surface area contributed by atoms with E-state index in [0.29, 0.717) is 6.42 Å². The second-order valence-corrected chi connectivity index (χ2v) is 21.9. The zero-order valence-corrected chi connectivity index (χ0v) is 25.6. The van der Waals surface area contributed by atoms with Crippen molar-refractivity contribution in [3.8, 4) is 0 Å². The average molecular weight is 560 g/mol. The molecule has 0 aliphatic heterocycles. The second kappa shape index (κ2) is 24.4. The van der Waals surface area contributed by atoms with E-state index in [1.54, 1.807) is 0 Å². The van der Waals surface area contributed by atoms with Crippen LogP contribution < -0.4 is 0 Å². The van der Waals surface area contributed by atoms with E-state index in [4.69, 9.17) is 3.07 Å². The van der Waals surface area contributed by atoms with Crippen LogP contribution >= 0.6 is 0 Å². The summed E-state index contributed by atoms with van der Waals surface area (Å²) in [5, 5.41) is 0. The third-order valence-electron chi connectivity index (χ3n) is 7.02. The fourth-order valence-corrected chi connectivity index (χ4v) is 17.2. The van der Waals surface area contributed by atoms with Gasteiger partial charge in [0.2, 0.25) is 0 Å². The molecule has 32 heavy (non-hydrogen) atoms. The molecule has 0 fully saturated rings. The van der Waals surface area contributed by atoms with Crippen LogP contribution in [0.4, 0.5) is 0 Å². The Balaban J connectivity index is 4.89. The van der Waals surface area contributed by atoms with E-state index in [2.05, 4.69) is 27.7 Å². The van der Waals surface area contributed by atoms with Crippen LogP contribution in [0.5, 0.6) is 0 Å². The van der Waals surface area contributed by atoms with Crippen LogP contribution in [0.25, 0.3) is 0 Å². The van der Waals surface area contributed by atoms with Gasteiger partial charge in [-0.1, -0.05) is 0 Å². The fraction of sp³-hybridized carbons (Fsp3) is 0.966. The Morgan fingerprint density at radius 3 is 1.12 bits per heavy atom. The van der Waals surface area contributed by atoms with Crippen LogP contribution in [0.3, 0.4) is 0 Å². The Hall–Kier alpha value is 0.269. The number of unbranched alkanes of at least 4 members (excludes halogenated alkanes) is 16. The first-order valence-electron chi connectivity index (χ1n) is 14.9. The predicted molar refractivity (Wildman–Crippen MR) is 146 cm³/mol. The maximum atomic E-state index is 12.8. The van der Waals surface area contributed by atoms with Gasteiger partial charge >= 0.3 is 208 Å². The first-order valence-corrected chi connectivity index (χ1v) is 22.1. The maximum absolute atomic E-state index is 12.8. The van der Waals surface area contributed by atoms with E-state index in [0.717, 1.165) is 12.8 Å². The molecule has 0 aliphatic rings. The van der Waals surface area contributed by atoms with Crippen molar-refractivity contribution in [2.45, 2.75) is 176 Å². The molecule has 0 saturated carbocycles. The molecule has 0 amide bonds. The monoisotopic (exact) mass is 560 g/mol. The number of carbonyl (C=O) groups excluding carboxylic acids is 1. The predicted octanol–water partition coefficient (Wildman–Crippen LogP) is 10.7. The Morgan fingerprint density at radius 2 is 0.781 bits per heavy atom. The molecule has 0 spiro atoms. The summed E-state index contributed by atoms with van der Waals surface area (Å²) in [6.45, 7) is 9.04. The number of carbonyl (C=O) groups is 1. The molecule has 3 heteroatoms. The molecule has 0 aromatic heterocycles. The van der Waals surface area contributed by atoms with Crippen molar-refractivity contribution >= 4 is 24.8 Å². The van der Waals surface area contributed by atoms with Crippen LogP contribution in [0.2, 0.25) is 13.3 Å². The summed E-state index contributed by atoms with van der Waals surface area (Å²) in [6, 6.07) is 0. The Bertz CT molecular complexity index is 356. The molecule has 2 nitrogen and oxygen atoms in total. The summed E-state index contributed by atoms with van der Waals surface area (Å²) in [6.07, 6.45) is 27.0. The van der Waals surface area contributed by atoms with Crippen molar-refractivity contribution in [2.24, 2.45) is 0 Å². The second-order valence-electron chi connectivity index (χ2n) is 10.3. The van der Waals surface area contributed by atoms with Gasteiger partial charge in [-0.3, -0.25) is 0 Å². The van der Waals surface area contributed by atoms with E-state index in [1.165, 1.54) is 129 Å². The van der Waals surface area contributed by atoms with Crippen molar-refractivity contribution < 1.29 is 7.87 Å². The van der Waals surface area contributed by atoms with Crippen molar-refractivity contribution in [1.82, 2.24) is 0 Å². The molecule has 0 radical (unpaired) electrons. The topological polar surface area (TPSA) is 26.3 Å². The molecule has 0 heterocycles. The van der Waals surface area contributed by atoms with Crippen molar-refractivity contribution in [2.75, 3.05) is 0 Å². The first kappa shape index (κ1) is 32.3. The number of rotatable bonds is 25. The molecular formula is C29H60O2Sn. The van der Waals surface area contributed by atoms with Crippen LogP contribution in [-0.2, 0) is 7.87 Å². The standard InChI is InChI=1S/3C8H17.C5H10O2.Sn/c3*1-3-5-7-8-6-4-2;1-2-3-4-5(6)7;/h3*1,3-8H2,2H3;2-4H2,1H3,(H,6,7);/q;;;;+1/p-1. The zero-order valence-electron chi connectivity index (χ0n) is 22.8. The van der Waals surface area contributed by atoms with Gasteiger partial charge in [-0.25, -0.2) is 0 Å². The van der Waals surface area contributed by atoms with E-state index >= 15 is 0 Å². The summed E-state index contributed by atoms with van der Waals surface area (Å²) in [5.41, 5.74) is 0. The van der Waals surface area contributed by atoms with Crippen LogP contribution in [-0.4, -0.2) is 24.8 Å². The number of hydrogen-bond donors (Lipinski definition) is 0. The van der Waals surface area contributed by atoms with Crippen LogP contribution in [0.15, 0.2) is 0 Å². The first-order chi connectivity index (χ1) is 15.6. The van der Waals surface area contributed by atoms with E-state index < -0.39 is 18.8 Å². The Labute approximate surface area is 207 Å². The molecule has 0 rings (SSSR count). The summed E-state index contributed by atoms with van der Waals surface area (Å²) >= 11 is -2.87. The summed E-state index contributed by atoms with van der Waals surface area (Å²) in [5.74, 6) is 0.158. The van der Waals surface area contributed by atoms with Crippen molar-refractivity contribution in [3.63, 3.8) is 0 Å². The molecule has 0 aromatic carbocycles. The van der Waals surface area contributed by atoms with Gasteiger partial charge in [0.25, 0.3) is 0 Å². The van der Waals surface area contributed by atoms with Crippen molar-refractivity contribution in [1.29, 1.82) is 0 Å². The molecule has 0 bridgehead atoms. The Morgan fingerprint density at radius 1 is 0.469 bits per heavy atom.